The van der Waals surface area contributed by atoms with E-state index in [0.717, 1.165) is 21.6 Å². The van der Waals surface area contributed by atoms with Crippen LogP contribution in [0.15, 0.2) is 82.9 Å². The summed E-state index contributed by atoms with van der Waals surface area (Å²) in [6, 6.07) is 18.5. The molecular weight excluding hydrogens is 488 g/mol. The number of hydrogen-bond acceptors (Lipinski definition) is 8. The zero-order chi connectivity index (χ0) is 23.7. The Labute approximate surface area is 210 Å². The second-order valence-corrected chi connectivity index (χ2v) is 11.2. The van der Waals surface area contributed by atoms with Crippen molar-refractivity contribution in [3.63, 3.8) is 0 Å². The number of thioether (sulfide) groups is 3. The van der Waals surface area contributed by atoms with Gasteiger partial charge in [-0.2, -0.15) is 0 Å². The van der Waals surface area contributed by atoms with Gasteiger partial charge in [0.2, 0.25) is 11.0 Å². The lowest BCUT2D eigenvalue weighted by molar-refractivity contribution is -0.153. The molecule has 1 fully saturated rings. The summed E-state index contributed by atoms with van der Waals surface area (Å²) < 4.78 is 6.09. The van der Waals surface area contributed by atoms with Crippen LogP contribution in [0, 0.1) is 0 Å². The minimum Gasteiger partial charge on any atom is -0.448 e. The number of β-lactam (4-membered cyclic amide) rings is 1. The molecule has 0 bridgehead atoms. The van der Waals surface area contributed by atoms with Crippen molar-refractivity contribution in [2.75, 3.05) is 17.3 Å². The lowest BCUT2D eigenvalue weighted by atomic mass is 10.0. The van der Waals surface area contributed by atoms with Crippen LogP contribution in [0.1, 0.15) is 17.2 Å². The average Bonchev–Trinajstić information content (AvgIpc) is 3.30. The summed E-state index contributed by atoms with van der Waals surface area (Å²) in [6.07, 6.45) is 1.03. The van der Waals surface area contributed by atoms with E-state index in [-0.39, 0.29) is 22.1 Å². The number of carbonyl (C=O) groups is 3. The molecule has 0 aromatic heterocycles. The van der Waals surface area contributed by atoms with Crippen molar-refractivity contribution < 1.29 is 19.1 Å². The van der Waals surface area contributed by atoms with E-state index in [1.165, 1.54) is 28.4 Å². The van der Waals surface area contributed by atoms with Gasteiger partial charge >= 0.3 is 5.97 Å². The molecule has 9 heteroatoms. The summed E-state index contributed by atoms with van der Waals surface area (Å²) in [6.45, 7) is 0. The maximum absolute atomic E-state index is 13.6. The predicted octanol–water partition coefficient (Wildman–Crippen LogP) is 3.71. The van der Waals surface area contributed by atoms with Crippen molar-refractivity contribution in [2.24, 2.45) is 5.73 Å². The Hall–Kier alpha value is -2.46. The molecule has 174 valence electrons. The first-order valence-corrected chi connectivity index (χ1v) is 13.8. The van der Waals surface area contributed by atoms with Crippen LogP contribution in [-0.2, 0) is 19.1 Å². The Morgan fingerprint density at radius 2 is 1.71 bits per heavy atom. The molecule has 3 aliphatic rings. The van der Waals surface area contributed by atoms with Crippen molar-refractivity contribution in [3.8, 4) is 0 Å². The molecule has 5 rings (SSSR count). The number of esters is 1. The molecule has 3 heterocycles. The number of hydrogen-bond donors (Lipinski definition) is 1. The number of amides is 1. The Kier molecular flexibility index (Phi) is 6.87. The molecule has 0 radical (unpaired) electrons. The van der Waals surface area contributed by atoms with Crippen LogP contribution in [-0.4, -0.2) is 50.6 Å². The van der Waals surface area contributed by atoms with Crippen LogP contribution in [0.5, 0.6) is 0 Å². The fourth-order valence-electron chi connectivity index (χ4n) is 4.05. The van der Waals surface area contributed by atoms with Gasteiger partial charge in [-0.25, -0.2) is 4.79 Å². The minimum absolute atomic E-state index is 0.0478. The molecule has 0 saturated carbocycles. The molecular formula is C25H22N2O4S3. The summed E-state index contributed by atoms with van der Waals surface area (Å²) >= 11 is 4.36. The maximum atomic E-state index is 13.6. The van der Waals surface area contributed by atoms with Crippen LogP contribution in [0.4, 0.5) is 0 Å². The Bertz CT molecular complexity index is 1140. The Morgan fingerprint density at radius 1 is 1.06 bits per heavy atom. The van der Waals surface area contributed by atoms with Gasteiger partial charge < -0.3 is 10.5 Å². The van der Waals surface area contributed by atoms with Crippen LogP contribution < -0.4 is 5.73 Å². The second-order valence-electron chi connectivity index (χ2n) is 8.00. The first-order valence-electron chi connectivity index (χ1n) is 10.8. The van der Waals surface area contributed by atoms with Gasteiger partial charge in [-0.3, -0.25) is 14.5 Å². The van der Waals surface area contributed by atoms with E-state index in [1.54, 1.807) is 17.8 Å². The first kappa shape index (κ1) is 23.3. The van der Waals surface area contributed by atoms with Gasteiger partial charge in [0, 0.05) is 23.3 Å². The van der Waals surface area contributed by atoms with Crippen molar-refractivity contribution in [3.05, 3.63) is 94.0 Å². The average molecular weight is 511 g/mol. The monoisotopic (exact) mass is 510 g/mol. The first-order chi connectivity index (χ1) is 16.5. The maximum Gasteiger partial charge on any atom is 0.356 e. The standard InChI is InChI=1S/C25H22N2O4S3/c26-20-23(29)27-21(17(13-34-24(20)27)12-32-18-11-19(28)33-14-18)25(30)31-22(15-7-3-1-4-8-15)16-9-5-2-6-10-16/h1-11,20,22,24H,12-14,26H2/t20-,24-/m1/s1. The molecule has 2 atom stereocenters. The highest BCUT2D eigenvalue weighted by molar-refractivity contribution is 8.16. The molecule has 34 heavy (non-hydrogen) atoms. The molecule has 3 aliphatic heterocycles. The zero-order valence-electron chi connectivity index (χ0n) is 18.1. The molecule has 1 saturated heterocycles. The number of nitrogens with two attached hydrogens (primary N) is 1. The number of nitrogens with zero attached hydrogens (tertiary/aromatic N) is 1. The molecule has 6 nitrogen and oxygen atoms in total. The van der Waals surface area contributed by atoms with E-state index < -0.39 is 18.1 Å². The molecule has 2 N–H and O–H groups in total. The van der Waals surface area contributed by atoms with E-state index in [9.17, 15) is 14.4 Å². The highest BCUT2D eigenvalue weighted by Crippen LogP contribution is 2.42. The number of carbonyl (C=O) groups excluding carboxylic acids is 3. The molecule has 0 spiro atoms. The van der Waals surface area contributed by atoms with Crippen LogP contribution in [0.2, 0.25) is 0 Å². The van der Waals surface area contributed by atoms with Crippen molar-refractivity contribution >= 4 is 52.3 Å². The Morgan fingerprint density at radius 3 is 2.29 bits per heavy atom. The molecule has 2 aromatic rings. The SMILES string of the molecule is N[C@@H]1C(=O)N2C(C(=O)OC(c3ccccc3)c3ccccc3)=C(CSC3=CC(=O)SC3)CS[C@H]12. The third-order valence-electron chi connectivity index (χ3n) is 5.78. The highest BCUT2D eigenvalue weighted by Gasteiger charge is 2.52. The van der Waals surface area contributed by atoms with Gasteiger partial charge in [0.15, 0.2) is 6.10 Å². The summed E-state index contributed by atoms with van der Waals surface area (Å²) in [5.41, 5.74) is 8.82. The lowest BCUT2D eigenvalue weighted by Gasteiger charge is -2.48. The molecule has 0 unspecified atom stereocenters. The number of benzene rings is 2. The highest BCUT2D eigenvalue weighted by atomic mass is 32.2. The van der Waals surface area contributed by atoms with E-state index in [2.05, 4.69) is 0 Å². The van der Waals surface area contributed by atoms with E-state index >= 15 is 0 Å². The minimum atomic E-state index is -0.618. The normalized spacial score (nSPS) is 21.9. The van der Waals surface area contributed by atoms with E-state index in [1.807, 2.05) is 60.7 Å². The third-order valence-corrected chi connectivity index (χ3v) is 9.31. The number of ether oxygens (including phenoxy) is 1. The molecule has 2 aromatic carbocycles. The molecule has 0 aliphatic carbocycles. The summed E-state index contributed by atoms with van der Waals surface area (Å²) in [7, 11) is 0. The van der Waals surface area contributed by atoms with E-state index in [4.69, 9.17) is 10.5 Å². The van der Waals surface area contributed by atoms with Crippen molar-refractivity contribution in [2.45, 2.75) is 17.5 Å². The summed E-state index contributed by atoms with van der Waals surface area (Å²) in [5, 5.41) is -0.217. The van der Waals surface area contributed by atoms with Gasteiger partial charge in [0.25, 0.3) is 0 Å². The topological polar surface area (TPSA) is 89.7 Å². The van der Waals surface area contributed by atoms with Crippen molar-refractivity contribution in [1.29, 1.82) is 0 Å². The van der Waals surface area contributed by atoms with Crippen LogP contribution in [0.3, 0.4) is 0 Å². The largest absolute Gasteiger partial charge is 0.448 e. The van der Waals surface area contributed by atoms with E-state index in [0.29, 0.717) is 17.3 Å². The third kappa shape index (κ3) is 4.57. The van der Waals surface area contributed by atoms with Gasteiger partial charge in [-0.05, 0) is 21.6 Å². The predicted molar refractivity (Wildman–Crippen MR) is 137 cm³/mol. The van der Waals surface area contributed by atoms with Crippen LogP contribution >= 0.6 is 35.3 Å². The molecule has 1 amide bonds. The summed E-state index contributed by atoms with van der Waals surface area (Å²) in [4.78, 5) is 40.3. The number of fused-ring (bicyclic) bond motifs is 1. The van der Waals surface area contributed by atoms with Gasteiger partial charge in [-0.15, -0.1) is 23.5 Å². The second kappa shape index (κ2) is 10.0. The van der Waals surface area contributed by atoms with Gasteiger partial charge in [0.05, 0.1) is 0 Å². The zero-order valence-corrected chi connectivity index (χ0v) is 20.5. The lowest BCUT2D eigenvalue weighted by Crippen LogP contribution is -2.68. The van der Waals surface area contributed by atoms with Crippen LogP contribution in [0.25, 0.3) is 0 Å². The van der Waals surface area contributed by atoms with Gasteiger partial charge in [0.1, 0.15) is 17.1 Å². The smallest absolute Gasteiger partial charge is 0.356 e. The Balaban J connectivity index is 1.46. The fourth-order valence-corrected chi connectivity index (χ4v) is 7.44. The van der Waals surface area contributed by atoms with Crippen molar-refractivity contribution in [1.82, 2.24) is 4.90 Å². The van der Waals surface area contributed by atoms with Gasteiger partial charge in [-0.1, -0.05) is 72.4 Å². The number of rotatable bonds is 7. The quantitative estimate of drug-likeness (QED) is 0.446. The fraction of sp³-hybridized carbons (Fsp3) is 0.240. The summed E-state index contributed by atoms with van der Waals surface area (Å²) in [5.74, 6) is 0.918.